The van der Waals surface area contributed by atoms with Gasteiger partial charge in [-0.2, -0.15) is 0 Å². The van der Waals surface area contributed by atoms with Crippen LogP contribution in [0.4, 0.5) is 0 Å². The van der Waals surface area contributed by atoms with E-state index in [-0.39, 0.29) is 18.5 Å². The maximum atomic E-state index is 11.9. The molecule has 0 saturated carbocycles. The van der Waals surface area contributed by atoms with Crippen LogP contribution in [-0.2, 0) is 9.53 Å². The number of amides is 1. The van der Waals surface area contributed by atoms with E-state index in [2.05, 4.69) is 5.32 Å². The number of fused-ring (bicyclic) bond motifs is 1. The van der Waals surface area contributed by atoms with Crippen molar-refractivity contribution in [3.05, 3.63) is 65.2 Å². The molecule has 1 heterocycles. The minimum Gasteiger partial charge on any atom is -0.484 e. The summed E-state index contributed by atoms with van der Waals surface area (Å²) in [5.74, 6) is 0.566. The smallest absolute Gasteiger partial charge is 0.344 e. The number of nitrogens with zero attached hydrogens (tertiary/aromatic N) is 1. The fraction of sp³-hybridized carbons (Fsp3) is 0.238. The lowest BCUT2D eigenvalue weighted by molar-refractivity contribution is -0.123. The summed E-state index contributed by atoms with van der Waals surface area (Å²) < 4.78 is 10.9. The third-order valence-corrected chi connectivity index (χ3v) is 4.02. The van der Waals surface area contributed by atoms with E-state index >= 15 is 0 Å². The zero-order valence-corrected chi connectivity index (χ0v) is 15.4. The van der Waals surface area contributed by atoms with Gasteiger partial charge in [-0.1, -0.05) is 30.3 Å². The Balaban J connectivity index is 1.63. The van der Waals surface area contributed by atoms with Crippen molar-refractivity contribution in [1.82, 2.24) is 10.2 Å². The minimum absolute atomic E-state index is 0.0503. The van der Waals surface area contributed by atoms with Crippen LogP contribution >= 0.6 is 0 Å². The molecule has 27 heavy (non-hydrogen) atoms. The number of cyclic esters (lactones) is 1. The molecule has 1 aliphatic heterocycles. The first-order valence-electron chi connectivity index (χ1n) is 8.70. The number of ether oxygens (including phenoxy) is 2. The predicted molar refractivity (Wildman–Crippen MR) is 103 cm³/mol. The Morgan fingerprint density at radius 3 is 2.70 bits per heavy atom. The second-order valence-corrected chi connectivity index (χ2v) is 6.46. The van der Waals surface area contributed by atoms with Gasteiger partial charge in [-0.05, 0) is 43.9 Å². The van der Waals surface area contributed by atoms with Crippen molar-refractivity contribution in [3.63, 3.8) is 0 Å². The molecule has 0 aromatic heterocycles. The van der Waals surface area contributed by atoms with Gasteiger partial charge >= 0.3 is 5.97 Å². The molecule has 0 aliphatic carbocycles. The molecule has 6 heteroatoms. The van der Waals surface area contributed by atoms with E-state index < -0.39 is 0 Å². The first-order chi connectivity index (χ1) is 13.0. The molecular formula is C21H22N2O4. The monoisotopic (exact) mass is 366 g/mol. The van der Waals surface area contributed by atoms with Gasteiger partial charge in [-0.25, -0.2) is 4.79 Å². The Kier molecular flexibility index (Phi) is 5.88. The fourth-order valence-corrected chi connectivity index (χ4v) is 2.66. The standard InChI is InChI=1S/C21H22N2O4/c1-23(2)11-10-22-20(24)14-26-16-7-5-6-15(12-16)13-19-17-8-3-4-9-18(17)21(25)27-19/h3-9,12-13H,10-11,14H2,1-2H3,(H,22,24). The van der Waals surface area contributed by atoms with Crippen LogP contribution in [-0.4, -0.2) is 50.6 Å². The molecule has 2 aromatic carbocycles. The van der Waals surface area contributed by atoms with Gasteiger partial charge in [-0.3, -0.25) is 4.79 Å². The summed E-state index contributed by atoms with van der Waals surface area (Å²) in [5.41, 5.74) is 2.15. The molecule has 0 unspecified atom stereocenters. The van der Waals surface area contributed by atoms with E-state index in [4.69, 9.17) is 9.47 Å². The number of likely N-dealkylation sites (N-methyl/N-ethyl adjacent to an activating group) is 1. The Labute approximate surface area is 158 Å². The zero-order chi connectivity index (χ0) is 19.2. The van der Waals surface area contributed by atoms with Gasteiger partial charge < -0.3 is 19.7 Å². The molecule has 2 aromatic rings. The van der Waals surface area contributed by atoms with Gasteiger partial charge in [0, 0.05) is 18.7 Å². The molecule has 0 fully saturated rings. The summed E-state index contributed by atoms with van der Waals surface area (Å²) in [6.45, 7) is 1.30. The number of rotatable bonds is 7. The summed E-state index contributed by atoms with van der Waals surface area (Å²) >= 11 is 0. The predicted octanol–water partition coefficient (Wildman–Crippen LogP) is 2.41. The topological polar surface area (TPSA) is 67.9 Å². The molecule has 1 amide bonds. The highest BCUT2D eigenvalue weighted by Crippen LogP contribution is 2.31. The number of hydrogen-bond acceptors (Lipinski definition) is 5. The van der Waals surface area contributed by atoms with Gasteiger partial charge in [0.25, 0.3) is 5.91 Å². The fourth-order valence-electron chi connectivity index (χ4n) is 2.66. The van der Waals surface area contributed by atoms with Crippen LogP contribution in [0.3, 0.4) is 0 Å². The number of hydrogen-bond donors (Lipinski definition) is 1. The van der Waals surface area contributed by atoms with E-state index in [1.165, 1.54) is 0 Å². The molecular weight excluding hydrogens is 344 g/mol. The first kappa shape index (κ1) is 18.7. The van der Waals surface area contributed by atoms with E-state index in [0.29, 0.717) is 23.6 Å². The van der Waals surface area contributed by atoms with Gasteiger partial charge in [0.05, 0.1) is 5.56 Å². The summed E-state index contributed by atoms with van der Waals surface area (Å²) in [6, 6.07) is 14.6. The second-order valence-electron chi connectivity index (χ2n) is 6.46. The van der Waals surface area contributed by atoms with Crippen molar-refractivity contribution in [2.75, 3.05) is 33.8 Å². The number of nitrogens with one attached hydrogen (secondary N) is 1. The Morgan fingerprint density at radius 1 is 1.15 bits per heavy atom. The van der Waals surface area contributed by atoms with Crippen molar-refractivity contribution < 1.29 is 19.1 Å². The average Bonchev–Trinajstić information content (AvgIpc) is 2.96. The average molecular weight is 366 g/mol. The summed E-state index contributed by atoms with van der Waals surface area (Å²) in [4.78, 5) is 25.7. The number of benzene rings is 2. The lowest BCUT2D eigenvalue weighted by Crippen LogP contribution is -2.34. The molecule has 1 N–H and O–H groups in total. The van der Waals surface area contributed by atoms with Crippen LogP contribution in [0.1, 0.15) is 21.5 Å². The quantitative estimate of drug-likeness (QED) is 0.762. The molecule has 3 rings (SSSR count). The number of carbonyl (C=O) groups is 2. The number of esters is 1. The van der Waals surface area contributed by atoms with E-state index in [1.54, 1.807) is 30.3 Å². The van der Waals surface area contributed by atoms with E-state index in [1.807, 2.05) is 43.3 Å². The maximum absolute atomic E-state index is 11.9. The van der Waals surface area contributed by atoms with Crippen molar-refractivity contribution in [1.29, 1.82) is 0 Å². The molecule has 1 aliphatic rings. The minimum atomic E-state index is -0.348. The highest BCUT2D eigenvalue weighted by molar-refractivity contribution is 6.05. The number of carbonyl (C=O) groups excluding carboxylic acids is 2. The second kappa shape index (κ2) is 8.51. The Hall–Kier alpha value is -3.12. The van der Waals surface area contributed by atoms with Crippen LogP contribution in [0.15, 0.2) is 48.5 Å². The third kappa shape index (κ3) is 4.95. The summed E-state index contributed by atoms with van der Waals surface area (Å²) in [5, 5.41) is 2.80. The van der Waals surface area contributed by atoms with Crippen LogP contribution in [0, 0.1) is 0 Å². The van der Waals surface area contributed by atoms with Gasteiger partial charge in [0.1, 0.15) is 11.5 Å². The highest BCUT2D eigenvalue weighted by atomic mass is 16.5. The van der Waals surface area contributed by atoms with Crippen molar-refractivity contribution in [2.45, 2.75) is 0 Å². The Morgan fingerprint density at radius 2 is 1.93 bits per heavy atom. The zero-order valence-electron chi connectivity index (χ0n) is 15.4. The highest BCUT2D eigenvalue weighted by Gasteiger charge is 2.25. The Bertz CT molecular complexity index is 874. The van der Waals surface area contributed by atoms with Gasteiger partial charge in [-0.15, -0.1) is 0 Å². The normalized spacial score (nSPS) is 14.2. The van der Waals surface area contributed by atoms with Crippen molar-refractivity contribution >= 4 is 23.7 Å². The largest absolute Gasteiger partial charge is 0.484 e. The van der Waals surface area contributed by atoms with Gasteiger partial charge in [0.2, 0.25) is 0 Å². The molecule has 6 nitrogen and oxygen atoms in total. The van der Waals surface area contributed by atoms with E-state index in [0.717, 1.165) is 17.7 Å². The van der Waals surface area contributed by atoms with Crippen molar-refractivity contribution in [3.8, 4) is 5.75 Å². The first-order valence-corrected chi connectivity index (χ1v) is 8.70. The summed E-state index contributed by atoms with van der Waals surface area (Å²) in [6.07, 6.45) is 1.79. The molecule has 0 atom stereocenters. The molecule has 0 radical (unpaired) electrons. The molecule has 0 spiro atoms. The SMILES string of the molecule is CN(C)CCNC(=O)COc1cccc(C=C2OC(=O)c3ccccc32)c1. The summed E-state index contributed by atoms with van der Waals surface area (Å²) in [7, 11) is 3.89. The van der Waals surface area contributed by atoms with Crippen LogP contribution in [0.25, 0.3) is 11.8 Å². The lowest BCUT2D eigenvalue weighted by atomic mass is 10.1. The van der Waals surface area contributed by atoms with Gasteiger partial charge in [0.15, 0.2) is 6.61 Å². The van der Waals surface area contributed by atoms with Crippen LogP contribution in [0.5, 0.6) is 5.75 Å². The third-order valence-electron chi connectivity index (χ3n) is 4.02. The van der Waals surface area contributed by atoms with Crippen molar-refractivity contribution in [2.24, 2.45) is 0 Å². The van der Waals surface area contributed by atoms with Crippen LogP contribution < -0.4 is 10.1 Å². The molecule has 140 valence electrons. The molecule has 0 bridgehead atoms. The van der Waals surface area contributed by atoms with Crippen LogP contribution in [0.2, 0.25) is 0 Å². The lowest BCUT2D eigenvalue weighted by Gasteiger charge is -2.11. The molecule has 0 saturated heterocycles. The van der Waals surface area contributed by atoms with E-state index in [9.17, 15) is 9.59 Å². The maximum Gasteiger partial charge on any atom is 0.344 e.